The Bertz CT molecular complexity index is 664. The summed E-state index contributed by atoms with van der Waals surface area (Å²) in [4.78, 5) is 2.32. The number of aliphatic hydroxyl groups is 1. The standard InChI is InChI=1S/C20H25Cl2NO/c1-4-23(5-2)13-12-20(3,24)16-8-6-15(7-9-16)18-11-10-17(21)14-19(18)22/h6-11,14,24H,4-5,12-13H2,1-3H3. The molecule has 1 unspecified atom stereocenters. The Morgan fingerprint density at radius 1 is 1.00 bits per heavy atom. The lowest BCUT2D eigenvalue weighted by molar-refractivity contribution is 0.0369. The van der Waals surface area contributed by atoms with Gasteiger partial charge in [0.25, 0.3) is 0 Å². The van der Waals surface area contributed by atoms with E-state index in [1.807, 2.05) is 43.3 Å². The Morgan fingerprint density at radius 2 is 1.62 bits per heavy atom. The molecule has 0 aliphatic heterocycles. The third-order valence-corrected chi connectivity index (χ3v) is 5.11. The molecule has 0 spiro atoms. The highest BCUT2D eigenvalue weighted by Gasteiger charge is 2.23. The van der Waals surface area contributed by atoms with Gasteiger partial charge in [0.15, 0.2) is 0 Å². The van der Waals surface area contributed by atoms with Crippen LogP contribution < -0.4 is 0 Å². The third-order valence-electron chi connectivity index (χ3n) is 4.56. The third kappa shape index (κ3) is 4.73. The van der Waals surface area contributed by atoms with E-state index in [4.69, 9.17) is 23.2 Å². The Morgan fingerprint density at radius 3 is 2.17 bits per heavy atom. The molecule has 1 atom stereocenters. The van der Waals surface area contributed by atoms with E-state index in [1.54, 1.807) is 6.07 Å². The van der Waals surface area contributed by atoms with E-state index in [1.165, 1.54) is 0 Å². The van der Waals surface area contributed by atoms with Gasteiger partial charge in [0.1, 0.15) is 0 Å². The molecular weight excluding hydrogens is 341 g/mol. The van der Waals surface area contributed by atoms with Crippen LogP contribution >= 0.6 is 23.2 Å². The number of hydrogen-bond acceptors (Lipinski definition) is 2. The highest BCUT2D eigenvalue weighted by molar-refractivity contribution is 6.36. The maximum absolute atomic E-state index is 10.8. The van der Waals surface area contributed by atoms with Crippen molar-refractivity contribution in [3.8, 4) is 11.1 Å². The van der Waals surface area contributed by atoms with E-state index in [9.17, 15) is 5.11 Å². The summed E-state index contributed by atoms with van der Waals surface area (Å²) in [6.07, 6.45) is 0.704. The van der Waals surface area contributed by atoms with Crippen molar-refractivity contribution in [1.29, 1.82) is 0 Å². The molecule has 0 aliphatic rings. The van der Waals surface area contributed by atoms with Crippen molar-refractivity contribution in [3.63, 3.8) is 0 Å². The molecule has 24 heavy (non-hydrogen) atoms. The fourth-order valence-corrected chi connectivity index (χ4v) is 3.31. The van der Waals surface area contributed by atoms with Gasteiger partial charge in [-0.05, 0) is 49.7 Å². The second-order valence-corrected chi connectivity index (χ2v) is 7.10. The van der Waals surface area contributed by atoms with Crippen molar-refractivity contribution >= 4 is 23.2 Å². The SMILES string of the molecule is CCN(CC)CCC(C)(O)c1ccc(-c2ccc(Cl)cc2Cl)cc1. The summed E-state index contributed by atoms with van der Waals surface area (Å²) in [5, 5.41) is 12.1. The first kappa shape index (κ1) is 19.3. The van der Waals surface area contributed by atoms with E-state index in [-0.39, 0.29) is 0 Å². The van der Waals surface area contributed by atoms with Crippen LogP contribution in [-0.2, 0) is 5.60 Å². The maximum Gasteiger partial charge on any atom is 0.0880 e. The Labute approximate surface area is 155 Å². The zero-order chi connectivity index (χ0) is 17.7. The summed E-state index contributed by atoms with van der Waals surface area (Å²) in [5.74, 6) is 0. The molecule has 0 saturated heterocycles. The molecule has 2 nitrogen and oxygen atoms in total. The van der Waals surface area contributed by atoms with Crippen LogP contribution in [0.3, 0.4) is 0 Å². The van der Waals surface area contributed by atoms with Crippen LogP contribution in [0, 0.1) is 0 Å². The van der Waals surface area contributed by atoms with Gasteiger partial charge < -0.3 is 10.0 Å². The lowest BCUT2D eigenvalue weighted by Gasteiger charge is -2.28. The molecular formula is C20H25Cl2NO. The van der Waals surface area contributed by atoms with Crippen molar-refractivity contribution in [2.45, 2.75) is 32.8 Å². The van der Waals surface area contributed by atoms with Crippen molar-refractivity contribution in [1.82, 2.24) is 4.90 Å². The van der Waals surface area contributed by atoms with Crippen LogP contribution in [0.4, 0.5) is 0 Å². The quantitative estimate of drug-likeness (QED) is 0.689. The number of benzene rings is 2. The molecule has 2 rings (SSSR count). The molecule has 0 radical (unpaired) electrons. The van der Waals surface area contributed by atoms with Gasteiger partial charge in [0.2, 0.25) is 0 Å². The first-order chi connectivity index (χ1) is 11.4. The Balaban J connectivity index is 2.15. The molecule has 0 amide bonds. The van der Waals surface area contributed by atoms with Crippen molar-refractivity contribution < 1.29 is 5.11 Å². The van der Waals surface area contributed by atoms with E-state index in [2.05, 4.69) is 18.7 Å². The van der Waals surface area contributed by atoms with Crippen LogP contribution in [-0.4, -0.2) is 29.6 Å². The lowest BCUT2D eigenvalue weighted by atomic mass is 9.91. The number of rotatable bonds is 7. The summed E-state index contributed by atoms with van der Waals surface area (Å²) in [7, 11) is 0. The predicted octanol–water partition coefficient (Wildman–Crippen LogP) is 5.60. The van der Waals surface area contributed by atoms with Gasteiger partial charge >= 0.3 is 0 Å². The summed E-state index contributed by atoms with van der Waals surface area (Å²) in [6.45, 7) is 9.04. The highest BCUT2D eigenvalue weighted by Crippen LogP contribution is 2.32. The van der Waals surface area contributed by atoms with Gasteiger partial charge in [0, 0.05) is 22.2 Å². The van der Waals surface area contributed by atoms with Gasteiger partial charge in [-0.15, -0.1) is 0 Å². The fourth-order valence-electron chi connectivity index (χ4n) is 2.79. The van der Waals surface area contributed by atoms with E-state index in [0.29, 0.717) is 16.5 Å². The highest BCUT2D eigenvalue weighted by atomic mass is 35.5. The molecule has 0 aliphatic carbocycles. The number of hydrogen-bond donors (Lipinski definition) is 1. The van der Waals surface area contributed by atoms with Crippen LogP contribution in [0.2, 0.25) is 10.0 Å². The summed E-state index contributed by atoms with van der Waals surface area (Å²) in [5.41, 5.74) is 2.03. The minimum Gasteiger partial charge on any atom is -0.385 e. The minimum atomic E-state index is -0.842. The molecule has 0 bridgehead atoms. The van der Waals surface area contributed by atoms with Gasteiger partial charge in [-0.3, -0.25) is 0 Å². The average molecular weight is 366 g/mol. The molecule has 0 saturated carbocycles. The summed E-state index contributed by atoms with van der Waals surface area (Å²) in [6, 6.07) is 13.4. The lowest BCUT2D eigenvalue weighted by Crippen LogP contribution is -2.31. The molecule has 2 aromatic carbocycles. The monoisotopic (exact) mass is 365 g/mol. The molecule has 2 aromatic rings. The first-order valence-corrected chi connectivity index (χ1v) is 9.13. The van der Waals surface area contributed by atoms with Gasteiger partial charge in [0.05, 0.1) is 5.60 Å². The predicted molar refractivity (Wildman–Crippen MR) is 104 cm³/mol. The smallest absolute Gasteiger partial charge is 0.0880 e. The van der Waals surface area contributed by atoms with Crippen LogP contribution in [0.5, 0.6) is 0 Å². The molecule has 0 aromatic heterocycles. The zero-order valence-electron chi connectivity index (χ0n) is 14.5. The van der Waals surface area contributed by atoms with Gasteiger partial charge in [-0.2, -0.15) is 0 Å². The fraction of sp³-hybridized carbons (Fsp3) is 0.400. The second kappa shape index (κ2) is 8.35. The number of halogens is 2. The van der Waals surface area contributed by atoms with Gasteiger partial charge in [-0.1, -0.05) is 67.4 Å². The average Bonchev–Trinajstić information content (AvgIpc) is 2.56. The molecule has 130 valence electrons. The topological polar surface area (TPSA) is 23.5 Å². The van der Waals surface area contributed by atoms with Crippen LogP contribution in [0.1, 0.15) is 32.8 Å². The normalized spacial score (nSPS) is 14.0. The van der Waals surface area contributed by atoms with Crippen molar-refractivity contribution in [2.75, 3.05) is 19.6 Å². The Hall–Kier alpha value is -1.06. The summed E-state index contributed by atoms with van der Waals surface area (Å²) < 4.78 is 0. The van der Waals surface area contributed by atoms with Crippen molar-refractivity contribution in [2.24, 2.45) is 0 Å². The number of nitrogens with zero attached hydrogens (tertiary/aromatic N) is 1. The molecule has 1 N–H and O–H groups in total. The Kier molecular flexibility index (Phi) is 6.70. The zero-order valence-corrected chi connectivity index (χ0v) is 16.0. The van der Waals surface area contributed by atoms with Crippen LogP contribution in [0.15, 0.2) is 42.5 Å². The first-order valence-electron chi connectivity index (χ1n) is 8.38. The van der Waals surface area contributed by atoms with Crippen molar-refractivity contribution in [3.05, 3.63) is 58.1 Å². The molecule has 4 heteroatoms. The van der Waals surface area contributed by atoms with E-state index in [0.717, 1.165) is 36.3 Å². The van der Waals surface area contributed by atoms with E-state index >= 15 is 0 Å². The molecule has 0 heterocycles. The van der Waals surface area contributed by atoms with E-state index < -0.39 is 5.60 Å². The second-order valence-electron chi connectivity index (χ2n) is 6.25. The largest absolute Gasteiger partial charge is 0.385 e. The summed E-state index contributed by atoms with van der Waals surface area (Å²) >= 11 is 12.2. The maximum atomic E-state index is 10.8. The minimum absolute atomic E-state index is 0.625. The van der Waals surface area contributed by atoms with Crippen LogP contribution in [0.25, 0.3) is 11.1 Å². The molecule has 0 fully saturated rings. The van der Waals surface area contributed by atoms with Gasteiger partial charge in [-0.25, -0.2) is 0 Å².